The lowest BCUT2D eigenvalue weighted by Gasteiger charge is -2.18. The Morgan fingerprint density at radius 3 is 2.36 bits per heavy atom. The van der Waals surface area contributed by atoms with Crippen LogP contribution in [-0.2, 0) is 14.3 Å². The van der Waals surface area contributed by atoms with Gasteiger partial charge in [0.25, 0.3) is 0 Å². The number of carbonyl (C=O) groups is 1. The molecule has 0 saturated heterocycles. The normalized spacial score (nSPS) is 11.4. The van der Waals surface area contributed by atoms with Crippen LogP contribution in [0.3, 0.4) is 0 Å². The maximum absolute atomic E-state index is 11.1. The Morgan fingerprint density at radius 1 is 1.21 bits per heavy atom. The van der Waals surface area contributed by atoms with Crippen LogP contribution in [0.15, 0.2) is 0 Å². The van der Waals surface area contributed by atoms with Crippen molar-refractivity contribution in [2.75, 3.05) is 13.2 Å². The maximum Gasteiger partial charge on any atom is 0.308 e. The highest BCUT2D eigenvalue weighted by Crippen LogP contribution is 2.07. The van der Waals surface area contributed by atoms with Crippen LogP contribution in [0, 0.1) is 0 Å². The summed E-state index contributed by atoms with van der Waals surface area (Å²) in [5.41, 5.74) is -0.177. The number of esters is 1. The van der Waals surface area contributed by atoms with E-state index in [2.05, 4.69) is 6.92 Å². The zero-order valence-corrected chi connectivity index (χ0v) is 9.76. The van der Waals surface area contributed by atoms with E-state index in [0.717, 1.165) is 12.8 Å². The Labute approximate surface area is 86.8 Å². The van der Waals surface area contributed by atoms with Gasteiger partial charge in [-0.25, -0.2) is 0 Å². The van der Waals surface area contributed by atoms with Crippen molar-refractivity contribution in [2.24, 2.45) is 0 Å². The first-order valence-electron chi connectivity index (χ1n) is 5.25. The van der Waals surface area contributed by atoms with Crippen LogP contribution in [0.4, 0.5) is 0 Å². The van der Waals surface area contributed by atoms with Crippen molar-refractivity contribution in [3.05, 3.63) is 0 Å². The monoisotopic (exact) mass is 202 g/mol. The van der Waals surface area contributed by atoms with Crippen LogP contribution in [0.2, 0.25) is 0 Å². The van der Waals surface area contributed by atoms with Gasteiger partial charge in [0.15, 0.2) is 0 Å². The summed E-state index contributed by atoms with van der Waals surface area (Å²) in [5.74, 6) is -0.164. The Kier molecular flexibility index (Phi) is 6.54. The second-order valence-corrected chi connectivity index (χ2v) is 4.28. The summed E-state index contributed by atoms with van der Waals surface area (Å²) in [7, 11) is 0. The fraction of sp³-hybridized carbons (Fsp3) is 0.909. The van der Waals surface area contributed by atoms with Crippen LogP contribution >= 0.6 is 0 Å². The molecule has 0 aliphatic carbocycles. The highest BCUT2D eigenvalue weighted by Gasteiger charge is 2.11. The van der Waals surface area contributed by atoms with Crippen molar-refractivity contribution >= 4 is 5.97 Å². The third-order valence-corrected chi connectivity index (χ3v) is 1.60. The van der Waals surface area contributed by atoms with Gasteiger partial charge in [0.05, 0.1) is 25.2 Å². The minimum atomic E-state index is -0.177. The molecule has 0 N–H and O–H groups in total. The lowest BCUT2D eigenvalue weighted by Crippen LogP contribution is -2.21. The largest absolute Gasteiger partial charge is 0.466 e. The highest BCUT2D eigenvalue weighted by molar-refractivity contribution is 5.69. The lowest BCUT2D eigenvalue weighted by atomic mass is 10.2. The topological polar surface area (TPSA) is 35.5 Å². The fourth-order valence-corrected chi connectivity index (χ4v) is 0.843. The number of hydrogen-bond acceptors (Lipinski definition) is 3. The molecular weight excluding hydrogens is 180 g/mol. The van der Waals surface area contributed by atoms with E-state index in [0.29, 0.717) is 19.6 Å². The number of hydrogen-bond donors (Lipinski definition) is 0. The lowest BCUT2D eigenvalue weighted by molar-refractivity contribution is -0.146. The van der Waals surface area contributed by atoms with Gasteiger partial charge in [-0.3, -0.25) is 4.79 Å². The molecule has 0 saturated carbocycles. The van der Waals surface area contributed by atoms with E-state index in [4.69, 9.17) is 9.47 Å². The third kappa shape index (κ3) is 9.52. The van der Waals surface area contributed by atoms with Crippen molar-refractivity contribution in [3.63, 3.8) is 0 Å². The van der Waals surface area contributed by atoms with E-state index in [1.54, 1.807) is 0 Å². The molecule has 0 aliphatic rings. The van der Waals surface area contributed by atoms with Gasteiger partial charge in [0.1, 0.15) is 0 Å². The van der Waals surface area contributed by atoms with Crippen molar-refractivity contribution < 1.29 is 14.3 Å². The Hall–Kier alpha value is -0.570. The van der Waals surface area contributed by atoms with Crippen molar-refractivity contribution in [2.45, 2.75) is 52.6 Å². The van der Waals surface area contributed by atoms with Gasteiger partial charge in [-0.05, 0) is 27.2 Å². The molecule has 0 heterocycles. The summed E-state index contributed by atoms with van der Waals surface area (Å²) in [6, 6.07) is 0. The van der Waals surface area contributed by atoms with Gasteiger partial charge in [0.2, 0.25) is 0 Å². The zero-order chi connectivity index (χ0) is 11.0. The summed E-state index contributed by atoms with van der Waals surface area (Å²) < 4.78 is 10.4. The van der Waals surface area contributed by atoms with Crippen molar-refractivity contribution in [3.8, 4) is 0 Å². The summed E-state index contributed by atoms with van der Waals surface area (Å²) in [5, 5.41) is 0. The molecule has 0 rings (SSSR count). The predicted octanol–water partition coefficient (Wildman–Crippen LogP) is 2.53. The second-order valence-electron chi connectivity index (χ2n) is 4.28. The van der Waals surface area contributed by atoms with E-state index in [-0.39, 0.29) is 11.6 Å². The van der Waals surface area contributed by atoms with Gasteiger partial charge in [0, 0.05) is 0 Å². The minimum absolute atomic E-state index is 0.164. The van der Waals surface area contributed by atoms with E-state index >= 15 is 0 Å². The molecule has 0 spiro atoms. The second kappa shape index (κ2) is 6.82. The Bertz CT molecular complexity index is 158. The number of rotatable bonds is 6. The molecule has 0 aromatic heterocycles. The molecule has 0 aromatic rings. The molecule has 0 radical (unpaired) electrons. The minimum Gasteiger partial charge on any atom is -0.466 e. The van der Waals surface area contributed by atoms with E-state index in [1.165, 1.54) is 0 Å². The van der Waals surface area contributed by atoms with Crippen LogP contribution in [0.5, 0.6) is 0 Å². The van der Waals surface area contributed by atoms with Gasteiger partial charge >= 0.3 is 5.97 Å². The Morgan fingerprint density at radius 2 is 1.86 bits per heavy atom. The van der Waals surface area contributed by atoms with E-state index in [9.17, 15) is 4.79 Å². The van der Waals surface area contributed by atoms with Crippen molar-refractivity contribution in [1.29, 1.82) is 0 Å². The van der Waals surface area contributed by atoms with Crippen molar-refractivity contribution in [1.82, 2.24) is 0 Å². The molecular formula is C11H22O3. The van der Waals surface area contributed by atoms with Crippen LogP contribution < -0.4 is 0 Å². The predicted molar refractivity (Wildman–Crippen MR) is 56.2 cm³/mol. The number of ether oxygens (including phenoxy) is 2. The molecule has 0 fully saturated rings. The summed E-state index contributed by atoms with van der Waals surface area (Å²) >= 11 is 0. The van der Waals surface area contributed by atoms with Crippen LogP contribution in [0.25, 0.3) is 0 Å². The number of carbonyl (C=O) groups excluding carboxylic acids is 1. The smallest absolute Gasteiger partial charge is 0.308 e. The number of unbranched alkanes of at least 4 members (excludes halogenated alkanes) is 1. The first-order valence-corrected chi connectivity index (χ1v) is 5.25. The van der Waals surface area contributed by atoms with E-state index in [1.807, 2.05) is 20.8 Å². The van der Waals surface area contributed by atoms with Gasteiger partial charge < -0.3 is 9.47 Å². The molecule has 0 unspecified atom stereocenters. The first kappa shape index (κ1) is 13.4. The maximum atomic E-state index is 11.1. The fourth-order valence-electron chi connectivity index (χ4n) is 0.843. The van der Waals surface area contributed by atoms with E-state index < -0.39 is 0 Å². The molecule has 3 heteroatoms. The standard InChI is InChI=1S/C11H22O3/c1-5-6-8-13-10(12)7-9-14-11(2,3)4/h5-9H2,1-4H3. The van der Waals surface area contributed by atoms with Crippen LogP contribution in [0.1, 0.15) is 47.0 Å². The summed E-state index contributed by atoms with van der Waals surface area (Å²) in [6.45, 7) is 8.94. The highest BCUT2D eigenvalue weighted by atomic mass is 16.5. The summed E-state index contributed by atoms with van der Waals surface area (Å²) in [4.78, 5) is 11.1. The Balaban J connectivity index is 3.36. The SMILES string of the molecule is CCCCOC(=O)CCOC(C)(C)C. The van der Waals surface area contributed by atoms with Crippen LogP contribution in [-0.4, -0.2) is 24.8 Å². The van der Waals surface area contributed by atoms with Gasteiger partial charge in [-0.2, -0.15) is 0 Å². The molecule has 84 valence electrons. The molecule has 0 bridgehead atoms. The third-order valence-electron chi connectivity index (χ3n) is 1.60. The summed E-state index contributed by atoms with van der Waals surface area (Å²) in [6.07, 6.45) is 2.33. The molecule has 0 aromatic carbocycles. The molecule has 0 aliphatic heterocycles. The molecule has 3 nitrogen and oxygen atoms in total. The van der Waals surface area contributed by atoms with Gasteiger partial charge in [-0.1, -0.05) is 13.3 Å². The average molecular weight is 202 g/mol. The molecule has 14 heavy (non-hydrogen) atoms. The zero-order valence-electron chi connectivity index (χ0n) is 9.76. The molecule has 0 atom stereocenters. The molecule has 0 amide bonds. The first-order chi connectivity index (χ1) is 6.45. The quantitative estimate of drug-likeness (QED) is 0.490. The average Bonchev–Trinajstić information content (AvgIpc) is 2.02. The van der Waals surface area contributed by atoms with Gasteiger partial charge in [-0.15, -0.1) is 0 Å².